The van der Waals surface area contributed by atoms with Crippen molar-refractivity contribution in [1.82, 2.24) is 0 Å². The van der Waals surface area contributed by atoms with Gasteiger partial charge in [0.15, 0.2) is 5.12 Å². The molecule has 0 saturated carbocycles. The number of rotatable bonds is 5. The quantitative estimate of drug-likeness (QED) is 0.742. The van der Waals surface area contributed by atoms with Crippen LogP contribution in [0.25, 0.3) is 10.8 Å². The maximum Gasteiger partial charge on any atom is 0.190 e. The number of thioether (sulfide) groups is 1. The molecule has 0 fully saturated rings. The maximum atomic E-state index is 12.4. The maximum absolute atomic E-state index is 12.4. The zero-order chi connectivity index (χ0) is 17.0. The molecule has 1 atom stereocenters. The molecule has 0 heterocycles. The van der Waals surface area contributed by atoms with E-state index in [-0.39, 0.29) is 21.6 Å². The third-order valence-electron chi connectivity index (χ3n) is 3.63. The minimum Gasteiger partial charge on any atom is -0.300 e. The van der Waals surface area contributed by atoms with Gasteiger partial charge in [0.2, 0.25) is 0 Å². The third kappa shape index (κ3) is 5.21. The van der Waals surface area contributed by atoms with Gasteiger partial charge in [-0.05, 0) is 29.2 Å². The average Bonchev–Trinajstić information content (AvgIpc) is 2.43. The van der Waals surface area contributed by atoms with E-state index < -0.39 is 0 Å². The molecular weight excluding hydrogens is 304 g/mol. The molecule has 2 aromatic carbocycles. The van der Waals surface area contributed by atoms with Gasteiger partial charge in [-0.1, -0.05) is 75.0 Å². The Kier molecular flexibility index (Phi) is 5.64. The SMILES string of the molecule is CC(=O)C[C@@H](CC(=O)SC(C)(C)C)c1cccc2ccccc12. The molecule has 0 amide bonds. The van der Waals surface area contributed by atoms with Gasteiger partial charge in [0.05, 0.1) is 0 Å². The Morgan fingerprint density at radius 2 is 1.65 bits per heavy atom. The van der Waals surface area contributed by atoms with Crippen LogP contribution >= 0.6 is 11.8 Å². The average molecular weight is 328 g/mol. The fourth-order valence-electron chi connectivity index (χ4n) is 2.83. The molecule has 0 bridgehead atoms. The summed E-state index contributed by atoms with van der Waals surface area (Å²) in [6.45, 7) is 7.70. The van der Waals surface area contributed by atoms with Gasteiger partial charge < -0.3 is 4.79 Å². The van der Waals surface area contributed by atoms with Crippen LogP contribution in [-0.4, -0.2) is 15.6 Å². The van der Waals surface area contributed by atoms with Crippen LogP contribution < -0.4 is 0 Å². The second-order valence-corrected chi connectivity index (χ2v) is 8.85. The van der Waals surface area contributed by atoms with Gasteiger partial charge in [-0.3, -0.25) is 4.79 Å². The van der Waals surface area contributed by atoms with E-state index >= 15 is 0 Å². The van der Waals surface area contributed by atoms with Crippen molar-refractivity contribution in [1.29, 1.82) is 0 Å². The fourth-order valence-corrected chi connectivity index (χ4v) is 3.80. The first-order valence-corrected chi connectivity index (χ1v) is 8.77. The summed E-state index contributed by atoms with van der Waals surface area (Å²) in [7, 11) is 0. The molecule has 0 N–H and O–H groups in total. The van der Waals surface area contributed by atoms with Crippen LogP contribution in [0.5, 0.6) is 0 Å². The van der Waals surface area contributed by atoms with Crippen molar-refractivity contribution in [3.63, 3.8) is 0 Å². The first-order valence-electron chi connectivity index (χ1n) is 7.95. The van der Waals surface area contributed by atoms with Crippen LogP contribution in [0, 0.1) is 0 Å². The van der Waals surface area contributed by atoms with Crippen LogP contribution in [0.1, 0.15) is 52.0 Å². The lowest BCUT2D eigenvalue weighted by Gasteiger charge is -2.21. The number of Topliss-reactive ketones (excluding diaryl/α,β-unsaturated/α-hetero) is 1. The molecule has 23 heavy (non-hydrogen) atoms. The number of hydrogen-bond donors (Lipinski definition) is 0. The Morgan fingerprint density at radius 1 is 1.00 bits per heavy atom. The van der Waals surface area contributed by atoms with Crippen LogP contribution in [0.4, 0.5) is 0 Å². The molecule has 0 aromatic heterocycles. The van der Waals surface area contributed by atoms with Gasteiger partial charge in [0.25, 0.3) is 0 Å². The van der Waals surface area contributed by atoms with Crippen molar-refractivity contribution in [3.05, 3.63) is 48.0 Å². The first kappa shape index (κ1) is 17.7. The highest BCUT2D eigenvalue weighted by Gasteiger charge is 2.23. The van der Waals surface area contributed by atoms with Gasteiger partial charge in [-0.15, -0.1) is 0 Å². The predicted molar refractivity (Wildman–Crippen MR) is 99.0 cm³/mol. The molecule has 0 aliphatic carbocycles. The van der Waals surface area contributed by atoms with Crippen LogP contribution in [0.3, 0.4) is 0 Å². The van der Waals surface area contributed by atoms with Gasteiger partial charge in [-0.25, -0.2) is 0 Å². The Labute approximate surface area is 142 Å². The van der Waals surface area contributed by atoms with E-state index in [0.29, 0.717) is 12.8 Å². The lowest BCUT2D eigenvalue weighted by Crippen LogP contribution is -2.15. The van der Waals surface area contributed by atoms with Gasteiger partial charge in [0, 0.05) is 17.6 Å². The summed E-state index contributed by atoms with van der Waals surface area (Å²) in [5, 5.41) is 2.43. The van der Waals surface area contributed by atoms with E-state index in [0.717, 1.165) is 16.3 Å². The molecule has 0 radical (unpaired) electrons. The molecule has 2 nitrogen and oxygen atoms in total. The smallest absolute Gasteiger partial charge is 0.190 e. The largest absolute Gasteiger partial charge is 0.300 e. The number of hydrogen-bond acceptors (Lipinski definition) is 3. The zero-order valence-electron chi connectivity index (χ0n) is 14.3. The van der Waals surface area contributed by atoms with Crippen molar-refractivity contribution >= 4 is 33.4 Å². The Hall–Kier alpha value is -1.61. The summed E-state index contributed by atoms with van der Waals surface area (Å²) in [6.07, 6.45) is 0.806. The van der Waals surface area contributed by atoms with E-state index in [2.05, 4.69) is 18.2 Å². The van der Waals surface area contributed by atoms with E-state index in [1.165, 1.54) is 11.8 Å². The molecule has 122 valence electrons. The number of ketones is 1. The topological polar surface area (TPSA) is 34.1 Å². The molecule has 0 saturated heterocycles. The fraction of sp³-hybridized carbons (Fsp3) is 0.400. The van der Waals surface area contributed by atoms with Gasteiger partial charge in [-0.2, -0.15) is 0 Å². The Morgan fingerprint density at radius 3 is 2.30 bits per heavy atom. The van der Waals surface area contributed by atoms with Gasteiger partial charge >= 0.3 is 0 Å². The monoisotopic (exact) mass is 328 g/mol. The van der Waals surface area contributed by atoms with Crippen molar-refractivity contribution in [2.24, 2.45) is 0 Å². The van der Waals surface area contributed by atoms with E-state index in [1.807, 2.05) is 45.0 Å². The molecule has 2 rings (SSSR count). The number of benzene rings is 2. The first-order chi connectivity index (χ1) is 10.8. The van der Waals surface area contributed by atoms with Crippen molar-refractivity contribution < 1.29 is 9.59 Å². The Balaban J connectivity index is 2.34. The van der Waals surface area contributed by atoms with Crippen LogP contribution in [0.15, 0.2) is 42.5 Å². The lowest BCUT2D eigenvalue weighted by molar-refractivity contribution is -0.117. The molecule has 0 unspecified atom stereocenters. The zero-order valence-corrected chi connectivity index (χ0v) is 15.1. The summed E-state index contributed by atoms with van der Waals surface area (Å²) in [5.74, 6) is 0.0671. The Bertz CT molecular complexity index is 708. The normalized spacial score (nSPS) is 13.0. The van der Waals surface area contributed by atoms with Crippen molar-refractivity contribution in [3.8, 4) is 0 Å². The second-order valence-electron chi connectivity index (χ2n) is 6.96. The molecule has 0 aliphatic heterocycles. The molecule has 2 aromatic rings. The lowest BCUT2D eigenvalue weighted by atomic mass is 9.88. The van der Waals surface area contributed by atoms with Crippen LogP contribution in [-0.2, 0) is 9.59 Å². The summed E-state index contributed by atoms with van der Waals surface area (Å²) < 4.78 is -0.101. The van der Waals surface area contributed by atoms with Gasteiger partial charge in [0.1, 0.15) is 5.78 Å². The van der Waals surface area contributed by atoms with Crippen LogP contribution in [0.2, 0.25) is 0 Å². The molecule has 0 spiro atoms. The van der Waals surface area contributed by atoms with E-state index in [1.54, 1.807) is 6.92 Å². The number of fused-ring (bicyclic) bond motifs is 1. The highest BCUT2D eigenvalue weighted by molar-refractivity contribution is 8.14. The van der Waals surface area contributed by atoms with E-state index in [9.17, 15) is 9.59 Å². The minimum atomic E-state index is -0.101. The van der Waals surface area contributed by atoms with Crippen molar-refractivity contribution in [2.45, 2.75) is 51.2 Å². The molecular formula is C20H24O2S. The second kappa shape index (κ2) is 7.31. The minimum absolute atomic E-state index is 0.0547. The number of carbonyl (C=O) groups excluding carboxylic acids is 2. The number of carbonyl (C=O) groups is 2. The predicted octanol–water partition coefficient (Wildman–Crippen LogP) is 5.35. The van der Waals surface area contributed by atoms with Crippen molar-refractivity contribution in [2.75, 3.05) is 0 Å². The highest BCUT2D eigenvalue weighted by atomic mass is 32.2. The standard InChI is InChI=1S/C20H24O2S/c1-14(21)12-16(13-19(22)23-20(2,3)4)18-11-7-9-15-8-5-6-10-17(15)18/h5-11,16H,12-13H2,1-4H3/t16-/m0/s1. The summed E-state index contributed by atoms with van der Waals surface area (Å²) in [6, 6.07) is 14.3. The molecule has 0 aliphatic rings. The summed E-state index contributed by atoms with van der Waals surface area (Å²) >= 11 is 1.36. The summed E-state index contributed by atoms with van der Waals surface area (Å²) in [5.41, 5.74) is 1.10. The third-order valence-corrected chi connectivity index (χ3v) is 4.64. The summed E-state index contributed by atoms with van der Waals surface area (Å²) in [4.78, 5) is 24.1. The molecule has 3 heteroatoms. The highest BCUT2D eigenvalue weighted by Crippen LogP contribution is 2.34. The van der Waals surface area contributed by atoms with E-state index in [4.69, 9.17) is 0 Å².